The van der Waals surface area contributed by atoms with E-state index in [-0.39, 0.29) is 0 Å². The second kappa shape index (κ2) is 16.2. The van der Waals surface area contributed by atoms with Gasteiger partial charge in [-0.05, 0) is 72.1 Å². The minimum absolute atomic E-state index is 0.783. The molecule has 0 bridgehead atoms. The number of benzene rings is 2. The van der Waals surface area contributed by atoms with Crippen LogP contribution in [0.3, 0.4) is 0 Å². The Balaban J connectivity index is 1.41. The summed E-state index contributed by atoms with van der Waals surface area (Å²) in [6.07, 6.45) is 23.8. The van der Waals surface area contributed by atoms with Crippen LogP contribution < -0.4 is 0 Å². The lowest BCUT2D eigenvalue weighted by atomic mass is 9.77. The van der Waals surface area contributed by atoms with Crippen molar-refractivity contribution in [3.63, 3.8) is 0 Å². The highest BCUT2D eigenvalue weighted by atomic mass is 14.3. The molecule has 0 heteroatoms. The topological polar surface area (TPSA) is 0 Å². The van der Waals surface area contributed by atoms with Gasteiger partial charge in [0, 0.05) is 0 Å². The molecule has 0 saturated heterocycles. The highest BCUT2D eigenvalue weighted by molar-refractivity contribution is 5.64. The molecule has 2 aromatic carbocycles. The van der Waals surface area contributed by atoms with Crippen LogP contribution in [-0.4, -0.2) is 0 Å². The van der Waals surface area contributed by atoms with Crippen LogP contribution in [0.1, 0.15) is 141 Å². The summed E-state index contributed by atoms with van der Waals surface area (Å²) < 4.78 is 0. The van der Waals surface area contributed by atoms with E-state index in [0.29, 0.717) is 0 Å². The van der Waals surface area contributed by atoms with Crippen LogP contribution in [0.5, 0.6) is 0 Å². The molecule has 1 saturated carbocycles. The molecule has 0 amide bonds. The molecule has 35 heavy (non-hydrogen) atoms. The van der Waals surface area contributed by atoms with Gasteiger partial charge < -0.3 is 0 Å². The van der Waals surface area contributed by atoms with Crippen molar-refractivity contribution >= 4 is 0 Å². The maximum absolute atomic E-state index is 2.42. The summed E-state index contributed by atoms with van der Waals surface area (Å²) >= 11 is 0. The second-order valence-electron chi connectivity index (χ2n) is 11.6. The Kier molecular flexibility index (Phi) is 13.0. The molecule has 1 aliphatic rings. The molecule has 0 heterocycles. The molecule has 3 rings (SSSR count). The quantitative estimate of drug-likeness (QED) is 0.212. The molecule has 1 atom stereocenters. The van der Waals surface area contributed by atoms with Crippen molar-refractivity contribution in [1.29, 1.82) is 0 Å². The fourth-order valence-electron chi connectivity index (χ4n) is 6.23. The zero-order chi connectivity index (χ0) is 24.7. The zero-order valence-corrected chi connectivity index (χ0v) is 23.4. The smallest absolute Gasteiger partial charge is 0.0162 e. The summed E-state index contributed by atoms with van der Waals surface area (Å²) in [4.78, 5) is 0. The third kappa shape index (κ3) is 9.78. The highest BCUT2D eigenvalue weighted by Crippen LogP contribution is 2.38. The summed E-state index contributed by atoms with van der Waals surface area (Å²) in [6, 6.07) is 19.0. The van der Waals surface area contributed by atoms with Gasteiger partial charge in [-0.1, -0.05) is 146 Å². The molecule has 0 aromatic heterocycles. The Bertz CT molecular complexity index is 776. The summed E-state index contributed by atoms with van der Waals surface area (Å²) in [7, 11) is 0. The largest absolute Gasteiger partial charge is 0.0654 e. The van der Waals surface area contributed by atoms with Crippen LogP contribution in [0.2, 0.25) is 0 Å². The molecule has 0 N–H and O–H groups in total. The van der Waals surface area contributed by atoms with Crippen LogP contribution in [0.25, 0.3) is 11.1 Å². The average molecular weight is 475 g/mol. The van der Waals surface area contributed by atoms with Crippen molar-refractivity contribution < 1.29 is 0 Å². The first-order valence-electron chi connectivity index (χ1n) is 15.4. The summed E-state index contributed by atoms with van der Waals surface area (Å²) in [5, 5.41) is 0. The first kappa shape index (κ1) is 28.0. The molecule has 0 spiro atoms. The van der Waals surface area contributed by atoms with Crippen molar-refractivity contribution in [3.8, 4) is 11.1 Å². The predicted molar refractivity (Wildman–Crippen MR) is 156 cm³/mol. The van der Waals surface area contributed by atoms with Crippen molar-refractivity contribution in [2.24, 2.45) is 11.8 Å². The SMILES string of the molecule is CCCCCCCCCC1CCC(c2ccc(-c3ccc(CC(CC)CCCC)cc3)cc2)CC1. The van der Waals surface area contributed by atoms with Gasteiger partial charge >= 0.3 is 0 Å². The molecule has 2 aromatic rings. The Morgan fingerprint density at radius 2 is 1.20 bits per heavy atom. The third-order valence-corrected chi connectivity index (χ3v) is 8.80. The normalized spacial score (nSPS) is 19.1. The summed E-state index contributed by atoms with van der Waals surface area (Å²) in [6.45, 7) is 6.95. The Labute approximate surface area is 218 Å². The van der Waals surface area contributed by atoms with E-state index >= 15 is 0 Å². The number of hydrogen-bond acceptors (Lipinski definition) is 0. The first-order valence-corrected chi connectivity index (χ1v) is 15.4. The molecule has 1 fully saturated rings. The minimum atomic E-state index is 0.783. The van der Waals surface area contributed by atoms with Crippen LogP contribution in [0.15, 0.2) is 48.5 Å². The predicted octanol–water partition coefficient (Wildman–Crippen LogP) is 11.5. The highest BCUT2D eigenvalue weighted by Gasteiger charge is 2.22. The van der Waals surface area contributed by atoms with Gasteiger partial charge in [0.2, 0.25) is 0 Å². The Morgan fingerprint density at radius 3 is 1.80 bits per heavy atom. The maximum Gasteiger partial charge on any atom is -0.0162 e. The van der Waals surface area contributed by atoms with E-state index in [1.165, 1.54) is 126 Å². The van der Waals surface area contributed by atoms with E-state index < -0.39 is 0 Å². The van der Waals surface area contributed by atoms with Gasteiger partial charge in [-0.3, -0.25) is 0 Å². The number of hydrogen-bond donors (Lipinski definition) is 0. The van der Waals surface area contributed by atoms with Gasteiger partial charge in [0.05, 0.1) is 0 Å². The van der Waals surface area contributed by atoms with Crippen molar-refractivity contribution in [2.45, 2.75) is 136 Å². The molecular formula is C35H54. The fourth-order valence-corrected chi connectivity index (χ4v) is 6.23. The standard InChI is InChI=1S/C35H54/c1-4-7-9-10-11-12-13-15-30-16-20-32(21-17-30)34-24-26-35(27-25-34)33-22-18-31(19-23-33)28-29(6-3)14-8-5-2/h18-19,22-27,29-30,32H,4-17,20-21,28H2,1-3H3. The number of unbranched alkanes of at least 4 members (excludes halogenated alkanes) is 7. The lowest BCUT2D eigenvalue weighted by Gasteiger charge is -2.29. The summed E-state index contributed by atoms with van der Waals surface area (Å²) in [5.41, 5.74) is 5.80. The van der Waals surface area contributed by atoms with Crippen LogP contribution >= 0.6 is 0 Å². The molecule has 1 aliphatic carbocycles. The molecule has 0 radical (unpaired) electrons. The molecule has 0 aliphatic heterocycles. The van der Waals surface area contributed by atoms with E-state index in [9.17, 15) is 0 Å². The van der Waals surface area contributed by atoms with E-state index in [1.54, 1.807) is 5.56 Å². The lowest BCUT2D eigenvalue weighted by molar-refractivity contribution is 0.302. The second-order valence-corrected chi connectivity index (χ2v) is 11.6. The van der Waals surface area contributed by atoms with Crippen LogP contribution in [0.4, 0.5) is 0 Å². The molecule has 1 unspecified atom stereocenters. The van der Waals surface area contributed by atoms with E-state index in [1.807, 2.05) is 0 Å². The van der Waals surface area contributed by atoms with E-state index in [4.69, 9.17) is 0 Å². The Hall–Kier alpha value is -1.56. The Morgan fingerprint density at radius 1 is 0.629 bits per heavy atom. The van der Waals surface area contributed by atoms with Crippen LogP contribution in [0, 0.1) is 11.8 Å². The van der Waals surface area contributed by atoms with E-state index in [0.717, 1.165) is 17.8 Å². The van der Waals surface area contributed by atoms with Crippen molar-refractivity contribution in [3.05, 3.63) is 59.7 Å². The zero-order valence-electron chi connectivity index (χ0n) is 23.4. The van der Waals surface area contributed by atoms with Gasteiger partial charge in [0.15, 0.2) is 0 Å². The first-order chi connectivity index (χ1) is 17.2. The lowest BCUT2D eigenvalue weighted by Crippen LogP contribution is -2.13. The van der Waals surface area contributed by atoms with E-state index in [2.05, 4.69) is 69.3 Å². The number of rotatable bonds is 16. The van der Waals surface area contributed by atoms with Crippen molar-refractivity contribution in [1.82, 2.24) is 0 Å². The van der Waals surface area contributed by atoms with Gasteiger partial charge in [-0.15, -0.1) is 0 Å². The molecule has 0 nitrogen and oxygen atoms in total. The fraction of sp³-hybridized carbons (Fsp3) is 0.657. The third-order valence-electron chi connectivity index (χ3n) is 8.80. The molecule has 194 valence electrons. The molecular weight excluding hydrogens is 420 g/mol. The van der Waals surface area contributed by atoms with Crippen molar-refractivity contribution in [2.75, 3.05) is 0 Å². The van der Waals surface area contributed by atoms with Gasteiger partial charge in [0.1, 0.15) is 0 Å². The van der Waals surface area contributed by atoms with Gasteiger partial charge in [0.25, 0.3) is 0 Å². The van der Waals surface area contributed by atoms with Crippen LogP contribution in [-0.2, 0) is 6.42 Å². The summed E-state index contributed by atoms with van der Waals surface area (Å²) in [5.74, 6) is 2.62. The van der Waals surface area contributed by atoms with Gasteiger partial charge in [-0.25, -0.2) is 0 Å². The van der Waals surface area contributed by atoms with Gasteiger partial charge in [-0.2, -0.15) is 0 Å². The monoisotopic (exact) mass is 474 g/mol. The maximum atomic E-state index is 2.42. The minimum Gasteiger partial charge on any atom is -0.0654 e. The average Bonchev–Trinajstić information content (AvgIpc) is 2.91.